The predicted octanol–water partition coefficient (Wildman–Crippen LogP) is 3.52. The maximum atomic E-state index is 12.3. The van der Waals surface area contributed by atoms with Crippen LogP contribution in [-0.2, 0) is 0 Å². The van der Waals surface area contributed by atoms with Crippen LogP contribution in [0.15, 0.2) is 0 Å². The molecule has 0 amide bonds. The molecular formula is C8H16FP. The Bertz CT molecular complexity index is 83.3. The van der Waals surface area contributed by atoms with Gasteiger partial charge in [-0.3, -0.25) is 0 Å². The summed E-state index contributed by atoms with van der Waals surface area (Å²) in [4.78, 5) is 0. The Morgan fingerprint density at radius 2 is 2.10 bits per heavy atom. The largest absolute Gasteiger partial charge is 0.230 e. The predicted molar refractivity (Wildman–Crippen MR) is 45.5 cm³/mol. The number of hydrogen-bond acceptors (Lipinski definition) is 0. The van der Waals surface area contributed by atoms with Gasteiger partial charge in [0.15, 0.2) is 0 Å². The van der Waals surface area contributed by atoms with Gasteiger partial charge in [0.05, 0.1) is 8.89 Å². The van der Waals surface area contributed by atoms with E-state index >= 15 is 0 Å². The minimum absolute atomic E-state index is 0.306. The second-order valence-electron chi connectivity index (χ2n) is 3.17. The van der Waals surface area contributed by atoms with Gasteiger partial charge in [-0.2, -0.15) is 0 Å². The molecule has 10 heavy (non-hydrogen) atoms. The SMILES string of the molecule is CCC1CCCCC1PF. The van der Waals surface area contributed by atoms with Crippen LogP contribution < -0.4 is 0 Å². The van der Waals surface area contributed by atoms with Crippen LogP contribution in [0.4, 0.5) is 4.20 Å². The summed E-state index contributed by atoms with van der Waals surface area (Å²) in [5, 5.41) is 0. The molecule has 60 valence electrons. The van der Waals surface area contributed by atoms with Gasteiger partial charge in [-0.05, 0) is 18.8 Å². The quantitative estimate of drug-likeness (QED) is 0.545. The fourth-order valence-electron chi connectivity index (χ4n) is 1.84. The summed E-state index contributed by atoms with van der Waals surface area (Å²) in [5.41, 5.74) is 0.429. The van der Waals surface area contributed by atoms with Crippen LogP contribution in [0.3, 0.4) is 0 Å². The lowest BCUT2D eigenvalue weighted by molar-refractivity contribution is 0.355. The van der Waals surface area contributed by atoms with Gasteiger partial charge < -0.3 is 0 Å². The van der Waals surface area contributed by atoms with E-state index < -0.39 is 0 Å². The molecule has 0 aromatic carbocycles. The molecule has 0 spiro atoms. The van der Waals surface area contributed by atoms with Crippen molar-refractivity contribution in [1.82, 2.24) is 0 Å². The molecule has 0 saturated heterocycles. The summed E-state index contributed by atoms with van der Waals surface area (Å²) < 4.78 is 12.3. The highest BCUT2D eigenvalue weighted by Gasteiger charge is 2.23. The first-order chi connectivity index (χ1) is 4.88. The molecule has 0 bridgehead atoms. The minimum atomic E-state index is -0.306. The average molecular weight is 162 g/mol. The van der Waals surface area contributed by atoms with E-state index in [1.165, 1.54) is 25.7 Å². The third kappa shape index (κ3) is 1.92. The lowest BCUT2D eigenvalue weighted by Crippen LogP contribution is -2.19. The van der Waals surface area contributed by atoms with E-state index in [0.717, 1.165) is 6.42 Å². The van der Waals surface area contributed by atoms with E-state index in [4.69, 9.17) is 0 Å². The van der Waals surface area contributed by atoms with Crippen molar-refractivity contribution in [2.75, 3.05) is 0 Å². The molecule has 0 aromatic rings. The van der Waals surface area contributed by atoms with Crippen LogP contribution in [-0.4, -0.2) is 5.66 Å². The molecule has 1 aliphatic carbocycles. The standard InChI is InChI=1S/C8H16FP/c1-2-7-5-3-4-6-8(7)10-9/h7-8,10H,2-6H2,1H3. The van der Waals surface area contributed by atoms with Gasteiger partial charge in [-0.25, -0.2) is 4.20 Å². The van der Waals surface area contributed by atoms with Crippen molar-refractivity contribution in [3.05, 3.63) is 0 Å². The summed E-state index contributed by atoms with van der Waals surface area (Å²) in [6.45, 7) is 2.18. The number of hydrogen-bond donors (Lipinski definition) is 0. The molecule has 0 heterocycles. The Kier molecular flexibility index (Phi) is 3.62. The van der Waals surface area contributed by atoms with E-state index in [1.807, 2.05) is 0 Å². The first kappa shape index (κ1) is 8.46. The molecule has 0 aliphatic heterocycles. The zero-order valence-electron chi connectivity index (χ0n) is 6.57. The van der Waals surface area contributed by atoms with Gasteiger partial charge in [0.1, 0.15) is 0 Å². The third-order valence-electron chi connectivity index (χ3n) is 2.57. The fraction of sp³-hybridized carbons (Fsp3) is 1.00. The fourth-order valence-corrected chi connectivity index (χ4v) is 2.73. The van der Waals surface area contributed by atoms with Crippen LogP contribution >= 0.6 is 8.89 Å². The number of rotatable bonds is 2. The highest BCUT2D eigenvalue weighted by Crippen LogP contribution is 2.39. The van der Waals surface area contributed by atoms with Crippen LogP contribution in [0.5, 0.6) is 0 Å². The molecule has 1 fully saturated rings. The smallest absolute Gasteiger partial charge is 0.0705 e. The van der Waals surface area contributed by atoms with E-state index in [0.29, 0.717) is 11.6 Å². The molecule has 0 aromatic heterocycles. The monoisotopic (exact) mass is 162 g/mol. The highest BCUT2D eigenvalue weighted by molar-refractivity contribution is 7.32. The zero-order valence-corrected chi connectivity index (χ0v) is 7.57. The van der Waals surface area contributed by atoms with Crippen molar-refractivity contribution in [3.63, 3.8) is 0 Å². The molecule has 0 nitrogen and oxygen atoms in total. The van der Waals surface area contributed by atoms with Crippen molar-refractivity contribution >= 4 is 8.89 Å². The molecule has 1 saturated carbocycles. The van der Waals surface area contributed by atoms with Gasteiger partial charge in [0, 0.05) is 5.66 Å². The molecule has 0 radical (unpaired) electrons. The van der Waals surface area contributed by atoms with Crippen LogP contribution in [0, 0.1) is 5.92 Å². The molecule has 3 atom stereocenters. The molecule has 0 N–H and O–H groups in total. The summed E-state index contributed by atoms with van der Waals surface area (Å²) in [5.74, 6) is 0.706. The lowest BCUT2D eigenvalue weighted by Gasteiger charge is -2.27. The summed E-state index contributed by atoms with van der Waals surface area (Å²) >= 11 is 0. The minimum Gasteiger partial charge on any atom is -0.230 e. The van der Waals surface area contributed by atoms with Crippen LogP contribution in [0.1, 0.15) is 39.0 Å². The Labute approximate surface area is 64.5 Å². The lowest BCUT2D eigenvalue weighted by atomic mass is 9.87. The molecule has 2 heteroatoms. The molecular weight excluding hydrogens is 146 g/mol. The molecule has 1 rings (SSSR count). The molecule has 1 aliphatic rings. The van der Waals surface area contributed by atoms with Crippen molar-refractivity contribution in [2.45, 2.75) is 44.7 Å². The van der Waals surface area contributed by atoms with Crippen molar-refractivity contribution in [1.29, 1.82) is 0 Å². The normalized spacial score (nSPS) is 35.4. The first-order valence-electron chi connectivity index (χ1n) is 4.24. The van der Waals surface area contributed by atoms with Gasteiger partial charge >= 0.3 is 0 Å². The zero-order chi connectivity index (χ0) is 7.40. The van der Waals surface area contributed by atoms with Gasteiger partial charge in [-0.1, -0.05) is 26.2 Å². The van der Waals surface area contributed by atoms with Crippen LogP contribution in [0.25, 0.3) is 0 Å². The van der Waals surface area contributed by atoms with Crippen molar-refractivity contribution in [2.24, 2.45) is 5.92 Å². The van der Waals surface area contributed by atoms with E-state index in [-0.39, 0.29) is 8.89 Å². The maximum Gasteiger partial charge on any atom is 0.0705 e. The Morgan fingerprint density at radius 1 is 1.40 bits per heavy atom. The van der Waals surface area contributed by atoms with Gasteiger partial charge in [0.2, 0.25) is 0 Å². The van der Waals surface area contributed by atoms with E-state index in [2.05, 4.69) is 6.92 Å². The molecule has 3 unspecified atom stereocenters. The summed E-state index contributed by atoms with van der Waals surface area (Å²) in [7, 11) is -0.306. The Hall–Kier alpha value is 0.360. The van der Waals surface area contributed by atoms with Gasteiger partial charge in [-0.15, -0.1) is 0 Å². The second-order valence-corrected chi connectivity index (χ2v) is 4.13. The second kappa shape index (κ2) is 4.28. The maximum absolute atomic E-state index is 12.3. The average Bonchev–Trinajstić information content (AvgIpc) is 2.04. The Morgan fingerprint density at radius 3 is 2.60 bits per heavy atom. The Balaban J connectivity index is 2.34. The van der Waals surface area contributed by atoms with Gasteiger partial charge in [0.25, 0.3) is 0 Å². The topological polar surface area (TPSA) is 0 Å². The summed E-state index contributed by atoms with van der Waals surface area (Å²) in [6.07, 6.45) is 6.20. The first-order valence-corrected chi connectivity index (χ1v) is 5.20. The van der Waals surface area contributed by atoms with E-state index in [1.54, 1.807) is 0 Å². The highest BCUT2D eigenvalue weighted by atomic mass is 31.1. The number of halogens is 1. The van der Waals surface area contributed by atoms with Crippen molar-refractivity contribution < 1.29 is 4.20 Å². The van der Waals surface area contributed by atoms with E-state index in [9.17, 15) is 4.20 Å². The van der Waals surface area contributed by atoms with Crippen molar-refractivity contribution in [3.8, 4) is 0 Å². The summed E-state index contributed by atoms with van der Waals surface area (Å²) in [6, 6.07) is 0. The van der Waals surface area contributed by atoms with Crippen LogP contribution in [0.2, 0.25) is 0 Å². The third-order valence-corrected chi connectivity index (χ3v) is 3.61.